The van der Waals surface area contributed by atoms with Crippen LogP contribution in [0.25, 0.3) is 0 Å². The Hall–Kier alpha value is -1.58. The first-order valence-electron chi connectivity index (χ1n) is 7.10. The molecule has 0 saturated carbocycles. The number of anilines is 2. The molecule has 0 aromatic heterocycles. The van der Waals surface area contributed by atoms with Crippen LogP contribution in [-0.4, -0.2) is 33.4 Å². The fourth-order valence-electron chi connectivity index (χ4n) is 3.18. The number of hydrogen-bond acceptors (Lipinski definition) is 4. The first-order valence-corrected chi connectivity index (χ1v) is 7.10. The molecule has 2 heterocycles. The molecular weight excluding hydrogens is 240 g/mol. The smallest absolute Gasteiger partial charge is 0.162 e. The molecule has 4 heteroatoms. The summed E-state index contributed by atoms with van der Waals surface area (Å²) in [4.78, 5) is 2.54. The van der Waals surface area contributed by atoms with Gasteiger partial charge in [-0.15, -0.1) is 0 Å². The van der Waals surface area contributed by atoms with Crippen LogP contribution < -0.4 is 19.7 Å². The lowest BCUT2D eigenvalue weighted by atomic mass is 10.1. The number of ether oxygens (including phenoxy) is 2. The summed E-state index contributed by atoms with van der Waals surface area (Å²) in [6.07, 6.45) is 5.24. The first-order chi connectivity index (χ1) is 9.33. The largest absolute Gasteiger partial charge is 0.493 e. The summed E-state index contributed by atoms with van der Waals surface area (Å²) in [7, 11) is 3.38. The number of rotatable bonds is 2. The molecule has 0 aliphatic carbocycles. The topological polar surface area (TPSA) is 33.7 Å². The van der Waals surface area contributed by atoms with Crippen LogP contribution in [0.1, 0.15) is 25.7 Å². The van der Waals surface area contributed by atoms with Crippen LogP contribution in [0, 0.1) is 0 Å². The monoisotopic (exact) mass is 262 g/mol. The van der Waals surface area contributed by atoms with Crippen molar-refractivity contribution in [2.45, 2.75) is 31.7 Å². The molecule has 2 aliphatic heterocycles. The van der Waals surface area contributed by atoms with Gasteiger partial charge in [-0.1, -0.05) is 12.8 Å². The molecule has 1 saturated heterocycles. The van der Waals surface area contributed by atoms with Gasteiger partial charge < -0.3 is 19.7 Å². The molecule has 104 valence electrons. The SMILES string of the molecule is COc1cc2c(cc1OC)N1CCCCCC1CN2. The van der Waals surface area contributed by atoms with E-state index in [0.717, 1.165) is 30.3 Å². The second-order valence-corrected chi connectivity index (χ2v) is 5.30. The van der Waals surface area contributed by atoms with Crippen molar-refractivity contribution in [3.63, 3.8) is 0 Å². The molecule has 0 amide bonds. The molecule has 1 fully saturated rings. The Morgan fingerprint density at radius 2 is 1.89 bits per heavy atom. The summed E-state index contributed by atoms with van der Waals surface area (Å²) < 4.78 is 10.8. The van der Waals surface area contributed by atoms with Crippen molar-refractivity contribution in [3.05, 3.63) is 12.1 Å². The zero-order valence-electron chi connectivity index (χ0n) is 11.7. The highest BCUT2D eigenvalue weighted by molar-refractivity contribution is 5.77. The van der Waals surface area contributed by atoms with Gasteiger partial charge in [-0.2, -0.15) is 0 Å². The van der Waals surface area contributed by atoms with Gasteiger partial charge in [-0.25, -0.2) is 0 Å². The van der Waals surface area contributed by atoms with Crippen molar-refractivity contribution >= 4 is 11.4 Å². The van der Waals surface area contributed by atoms with Crippen molar-refractivity contribution in [2.75, 3.05) is 37.5 Å². The number of fused-ring (bicyclic) bond motifs is 3. The Bertz CT molecular complexity index is 462. The van der Waals surface area contributed by atoms with Gasteiger partial charge in [0.15, 0.2) is 11.5 Å². The predicted molar refractivity (Wildman–Crippen MR) is 77.6 cm³/mol. The fourth-order valence-corrected chi connectivity index (χ4v) is 3.18. The highest BCUT2D eigenvalue weighted by atomic mass is 16.5. The summed E-state index contributed by atoms with van der Waals surface area (Å²) in [6, 6.07) is 4.78. The zero-order chi connectivity index (χ0) is 13.2. The quantitative estimate of drug-likeness (QED) is 0.888. The van der Waals surface area contributed by atoms with Gasteiger partial charge in [-0.3, -0.25) is 0 Å². The molecule has 3 rings (SSSR count). The third-order valence-corrected chi connectivity index (χ3v) is 4.22. The maximum absolute atomic E-state index is 5.43. The highest BCUT2D eigenvalue weighted by Crippen LogP contribution is 2.42. The van der Waals surface area contributed by atoms with E-state index in [1.807, 2.05) is 0 Å². The Labute approximate surface area is 114 Å². The lowest BCUT2D eigenvalue weighted by molar-refractivity contribution is 0.355. The lowest BCUT2D eigenvalue weighted by Gasteiger charge is -2.38. The minimum absolute atomic E-state index is 0.619. The number of methoxy groups -OCH3 is 2. The van der Waals surface area contributed by atoms with Crippen LogP contribution in [0.2, 0.25) is 0 Å². The number of nitrogens with one attached hydrogen (secondary N) is 1. The predicted octanol–water partition coefficient (Wildman–Crippen LogP) is 2.88. The van der Waals surface area contributed by atoms with Crippen LogP contribution >= 0.6 is 0 Å². The Morgan fingerprint density at radius 3 is 2.68 bits per heavy atom. The van der Waals surface area contributed by atoms with E-state index in [1.54, 1.807) is 14.2 Å². The standard InChI is InChI=1S/C15H22N2O2/c1-18-14-8-12-13(9-15(14)19-2)17-7-5-3-4-6-11(17)10-16-12/h8-9,11,16H,3-7,10H2,1-2H3. The summed E-state index contributed by atoms with van der Waals surface area (Å²) in [6.45, 7) is 2.18. The van der Waals surface area contributed by atoms with Gasteiger partial charge in [0, 0.05) is 31.3 Å². The molecule has 4 nitrogen and oxygen atoms in total. The van der Waals surface area contributed by atoms with Gasteiger partial charge in [0.05, 0.1) is 25.6 Å². The number of nitrogens with zero attached hydrogens (tertiary/aromatic N) is 1. The van der Waals surface area contributed by atoms with E-state index in [4.69, 9.17) is 9.47 Å². The second kappa shape index (κ2) is 5.19. The molecule has 1 aromatic carbocycles. The third-order valence-electron chi connectivity index (χ3n) is 4.22. The molecule has 2 aliphatic rings. The molecule has 1 unspecified atom stereocenters. The van der Waals surface area contributed by atoms with Crippen molar-refractivity contribution in [1.82, 2.24) is 0 Å². The first kappa shape index (κ1) is 12.5. The van der Waals surface area contributed by atoms with E-state index < -0.39 is 0 Å². The van der Waals surface area contributed by atoms with E-state index in [9.17, 15) is 0 Å². The number of benzene rings is 1. The number of hydrogen-bond donors (Lipinski definition) is 1. The minimum Gasteiger partial charge on any atom is -0.493 e. The molecule has 1 aromatic rings. The summed E-state index contributed by atoms with van der Waals surface area (Å²) in [5.41, 5.74) is 2.42. The maximum Gasteiger partial charge on any atom is 0.162 e. The van der Waals surface area contributed by atoms with E-state index in [-0.39, 0.29) is 0 Å². The summed E-state index contributed by atoms with van der Waals surface area (Å²) >= 11 is 0. The lowest BCUT2D eigenvalue weighted by Crippen LogP contribution is -2.43. The molecule has 0 bridgehead atoms. The minimum atomic E-state index is 0.619. The van der Waals surface area contributed by atoms with Crippen LogP contribution in [0.4, 0.5) is 11.4 Å². The molecule has 0 spiro atoms. The molecular formula is C15H22N2O2. The Kier molecular flexibility index (Phi) is 3.40. The molecule has 0 radical (unpaired) electrons. The average Bonchev–Trinajstić information content (AvgIpc) is 2.70. The van der Waals surface area contributed by atoms with E-state index in [1.165, 1.54) is 31.4 Å². The van der Waals surface area contributed by atoms with Crippen LogP contribution in [0.15, 0.2) is 12.1 Å². The summed E-state index contributed by atoms with van der Waals surface area (Å²) in [5, 5.41) is 3.54. The molecule has 1 N–H and O–H groups in total. The van der Waals surface area contributed by atoms with Gasteiger partial charge >= 0.3 is 0 Å². The third kappa shape index (κ3) is 2.20. The van der Waals surface area contributed by atoms with E-state index in [0.29, 0.717) is 6.04 Å². The van der Waals surface area contributed by atoms with Gasteiger partial charge in [0.25, 0.3) is 0 Å². The fraction of sp³-hybridized carbons (Fsp3) is 0.600. The van der Waals surface area contributed by atoms with Gasteiger partial charge in [0.1, 0.15) is 0 Å². The van der Waals surface area contributed by atoms with Crippen molar-refractivity contribution in [2.24, 2.45) is 0 Å². The Morgan fingerprint density at radius 1 is 1.11 bits per heavy atom. The van der Waals surface area contributed by atoms with E-state index >= 15 is 0 Å². The summed E-state index contributed by atoms with van der Waals surface area (Å²) in [5.74, 6) is 1.61. The second-order valence-electron chi connectivity index (χ2n) is 5.30. The maximum atomic E-state index is 5.43. The Balaban J connectivity index is 2.00. The zero-order valence-corrected chi connectivity index (χ0v) is 11.7. The normalized spacial score (nSPS) is 21.8. The van der Waals surface area contributed by atoms with Gasteiger partial charge in [0.2, 0.25) is 0 Å². The van der Waals surface area contributed by atoms with Crippen molar-refractivity contribution < 1.29 is 9.47 Å². The van der Waals surface area contributed by atoms with Crippen LogP contribution in [0.5, 0.6) is 11.5 Å². The van der Waals surface area contributed by atoms with Crippen LogP contribution in [0.3, 0.4) is 0 Å². The van der Waals surface area contributed by atoms with E-state index in [2.05, 4.69) is 22.3 Å². The average molecular weight is 262 g/mol. The van der Waals surface area contributed by atoms with Gasteiger partial charge in [-0.05, 0) is 12.8 Å². The van der Waals surface area contributed by atoms with Crippen molar-refractivity contribution in [1.29, 1.82) is 0 Å². The molecule has 19 heavy (non-hydrogen) atoms. The van der Waals surface area contributed by atoms with Crippen LogP contribution in [-0.2, 0) is 0 Å². The molecule has 1 atom stereocenters. The highest BCUT2D eigenvalue weighted by Gasteiger charge is 2.28. The van der Waals surface area contributed by atoms with Crippen molar-refractivity contribution in [3.8, 4) is 11.5 Å².